The Morgan fingerprint density at radius 2 is 1.42 bits per heavy atom. The topological polar surface area (TPSA) is 149 Å². The number of nitrogens with zero attached hydrogens (tertiary/aromatic N) is 2. The molecular weight excluding hydrogens is 550 g/mol. The van der Waals surface area contributed by atoms with Crippen molar-refractivity contribution in [1.82, 2.24) is 10.2 Å². The summed E-state index contributed by atoms with van der Waals surface area (Å²) in [6, 6.07) is 24.3. The van der Waals surface area contributed by atoms with Gasteiger partial charge >= 0.3 is 59.1 Å². The van der Waals surface area contributed by atoms with Crippen LogP contribution in [0.1, 0.15) is 0 Å². The molecule has 1 aromatic heterocycles. The minimum atomic E-state index is -4.52. The quantitative estimate of drug-likeness (QED) is 0.0737. The van der Waals surface area contributed by atoms with E-state index in [2.05, 4.69) is 30.2 Å². The van der Waals surface area contributed by atoms with Crippen molar-refractivity contribution in [3.8, 4) is 0 Å². The minimum Gasteiger partial charge on any atom is -0.744 e. The van der Waals surface area contributed by atoms with Gasteiger partial charge < -0.3 is 20.4 Å². The predicted octanol–water partition coefficient (Wildman–Crippen LogP) is -1.59. The number of nitrogens with one attached hydrogen (secondary N) is 2. The number of hydrogen-bond acceptors (Lipinski definition) is 11. The Balaban J connectivity index is 0.00000200. The number of benzene rings is 4. The van der Waals surface area contributed by atoms with Crippen molar-refractivity contribution in [3.63, 3.8) is 0 Å². The van der Waals surface area contributed by atoms with Crippen LogP contribution in [0.15, 0.2) is 94.7 Å². The first-order valence-corrected chi connectivity index (χ1v) is 12.6. The molecule has 0 amide bonds. The molecule has 0 aliphatic carbocycles. The minimum absolute atomic E-state index is 0. The van der Waals surface area contributed by atoms with E-state index in [1.54, 1.807) is 6.07 Å². The van der Waals surface area contributed by atoms with Gasteiger partial charge in [-0.2, -0.15) is 4.33 Å². The van der Waals surface area contributed by atoms with Crippen molar-refractivity contribution in [3.05, 3.63) is 84.9 Å². The molecule has 0 atom stereocenters. The second kappa shape index (κ2) is 13.5. The van der Waals surface area contributed by atoms with Gasteiger partial charge in [-0.25, -0.2) is 8.42 Å². The Hall–Kier alpha value is -1.78. The molecule has 0 radical (unpaired) electrons. The van der Waals surface area contributed by atoms with Gasteiger partial charge in [0.25, 0.3) is 0 Å². The summed E-state index contributed by atoms with van der Waals surface area (Å²) in [5.74, 6) is 1.01. The molecule has 0 aliphatic rings. The van der Waals surface area contributed by atoms with E-state index in [1.165, 1.54) is 24.3 Å². The molecule has 2 N–H and O–H groups in total. The van der Waals surface area contributed by atoms with Crippen LogP contribution >= 0.6 is 12.0 Å². The largest absolute Gasteiger partial charge is 1.00 e. The molecular formula is C24H16N4Na2O6S2. The molecule has 5 rings (SSSR count). The summed E-state index contributed by atoms with van der Waals surface area (Å²) in [4.78, 5) is 0.396. The third-order valence-electron chi connectivity index (χ3n) is 5.36. The first-order valence-electron chi connectivity index (χ1n) is 10.4. The Labute approximate surface area is 266 Å². The van der Waals surface area contributed by atoms with Crippen LogP contribution in [0.25, 0.3) is 21.5 Å². The summed E-state index contributed by atoms with van der Waals surface area (Å²) in [5, 5.41) is 32.1. The molecule has 10 nitrogen and oxygen atoms in total. The molecule has 1 heterocycles. The molecule has 0 saturated carbocycles. The number of fused-ring (bicyclic) bond motifs is 2. The summed E-state index contributed by atoms with van der Waals surface area (Å²) in [6.07, 6.45) is 0. The standard InChI is InChI=1S/C24H18N4O6S2.2Na/c29-33-34-35-17-10-13-19-15(14-17)4-3-7-22(19)26-24-21-6-2-1-5-20(21)23(27-28-24)25-16-8-11-18(12-9-16)36(30,31)32;;/h1-14,29H,(H,25,27)(H,26,28)(H,30,31,32);;/q;2*+1/p-2. The fourth-order valence-electron chi connectivity index (χ4n) is 3.73. The van der Waals surface area contributed by atoms with Crippen LogP contribution in [0.2, 0.25) is 0 Å². The molecule has 182 valence electrons. The Bertz CT molecular complexity index is 1670. The van der Waals surface area contributed by atoms with E-state index in [0.717, 1.165) is 39.3 Å². The second-order valence-electron chi connectivity index (χ2n) is 7.58. The summed E-state index contributed by atoms with van der Waals surface area (Å²) >= 11 is 0.821. The molecule has 0 spiro atoms. The zero-order chi connectivity index (χ0) is 25.1. The maximum Gasteiger partial charge on any atom is 1.00 e. The van der Waals surface area contributed by atoms with Crippen molar-refractivity contribution in [2.75, 3.05) is 10.6 Å². The van der Waals surface area contributed by atoms with Gasteiger partial charge in [-0.15, -0.1) is 10.2 Å². The summed E-state index contributed by atoms with van der Waals surface area (Å²) in [5.41, 5.74) is 1.36. The molecule has 0 aliphatic heterocycles. The Morgan fingerprint density at radius 1 is 0.763 bits per heavy atom. The summed E-state index contributed by atoms with van der Waals surface area (Å²) in [7, 11) is -4.52. The number of hydrogen-bond donors (Lipinski definition) is 2. The van der Waals surface area contributed by atoms with E-state index in [4.69, 9.17) is 0 Å². The van der Waals surface area contributed by atoms with Gasteiger partial charge in [0.15, 0.2) is 11.6 Å². The van der Waals surface area contributed by atoms with Crippen molar-refractivity contribution >= 4 is 66.7 Å². The van der Waals surface area contributed by atoms with E-state index in [9.17, 15) is 18.2 Å². The second-order valence-corrected chi connectivity index (χ2v) is 9.73. The zero-order valence-electron chi connectivity index (χ0n) is 20.2. The van der Waals surface area contributed by atoms with Crippen LogP contribution < -0.4 is 75.0 Å². The summed E-state index contributed by atoms with van der Waals surface area (Å²) in [6.45, 7) is 0. The third kappa shape index (κ3) is 7.04. The van der Waals surface area contributed by atoms with Crippen LogP contribution in [-0.4, -0.2) is 23.2 Å². The van der Waals surface area contributed by atoms with Crippen molar-refractivity contribution in [1.29, 1.82) is 0 Å². The molecule has 5 aromatic rings. The van der Waals surface area contributed by atoms with Gasteiger partial charge in [0.1, 0.15) is 10.1 Å². The van der Waals surface area contributed by atoms with Crippen LogP contribution in [-0.2, 0) is 19.5 Å². The maximum atomic E-state index is 11.2. The molecule has 0 fully saturated rings. The van der Waals surface area contributed by atoms with E-state index < -0.39 is 10.1 Å². The predicted molar refractivity (Wildman–Crippen MR) is 132 cm³/mol. The smallest absolute Gasteiger partial charge is 0.744 e. The van der Waals surface area contributed by atoms with Gasteiger partial charge in [-0.3, -0.25) is 5.04 Å². The molecule has 0 unspecified atom stereocenters. The zero-order valence-corrected chi connectivity index (χ0v) is 25.9. The monoisotopic (exact) mass is 566 g/mol. The summed E-state index contributed by atoms with van der Waals surface area (Å²) < 4.78 is 37.9. The van der Waals surface area contributed by atoms with Crippen LogP contribution in [0.4, 0.5) is 23.0 Å². The average molecular weight is 567 g/mol. The van der Waals surface area contributed by atoms with E-state index >= 15 is 0 Å². The third-order valence-corrected chi connectivity index (χ3v) is 6.78. The first kappa shape index (κ1) is 30.8. The van der Waals surface area contributed by atoms with E-state index in [0.29, 0.717) is 22.2 Å². The molecule has 4 aromatic carbocycles. The number of aromatic nitrogens is 2. The van der Waals surface area contributed by atoms with E-state index in [-0.39, 0.29) is 64.0 Å². The average Bonchev–Trinajstić information content (AvgIpc) is 2.88. The van der Waals surface area contributed by atoms with Crippen LogP contribution in [0.3, 0.4) is 0 Å². The van der Waals surface area contributed by atoms with E-state index in [1.807, 2.05) is 54.6 Å². The Morgan fingerprint density at radius 3 is 2.05 bits per heavy atom. The molecule has 0 bridgehead atoms. The maximum absolute atomic E-state index is 11.2. The van der Waals surface area contributed by atoms with Gasteiger partial charge in [-0.1, -0.05) is 42.5 Å². The van der Waals surface area contributed by atoms with Crippen molar-refractivity contribution < 1.29 is 86.7 Å². The van der Waals surface area contributed by atoms with Crippen molar-refractivity contribution in [2.45, 2.75) is 9.79 Å². The SMILES string of the molecule is O=S(=O)([O-])c1ccc(Nc2nnc(Nc3cccc4cc(SOO[O-])ccc34)c3ccccc23)cc1.[Na+].[Na+]. The van der Waals surface area contributed by atoms with Crippen LogP contribution in [0.5, 0.6) is 0 Å². The van der Waals surface area contributed by atoms with Gasteiger partial charge in [0.2, 0.25) is 0 Å². The fourth-order valence-corrected chi connectivity index (χ4v) is 4.61. The molecule has 0 saturated heterocycles. The normalized spacial score (nSPS) is 11.0. The first-order chi connectivity index (χ1) is 17.4. The number of rotatable bonds is 8. The molecule has 14 heteroatoms. The van der Waals surface area contributed by atoms with Gasteiger partial charge in [0.05, 0.1) is 16.9 Å². The van der Waals surface area contributed by atoms with Crippen LogP contribution in [0, 0.1) is 0 Å². The Kier molecular flexibility index (Phi) is 10.9. The molecule has 38 heavy (non-hydrogen) atoms. The van der Waals surface area contributed by atoms with Crippen molar-refractivity contribution in [2.24, 2.45) is 0 Å². The van der Waals surface area contributed by atoms with Gasteiger partial charge in [0, 0.05) is 32.4 Å². The van der Waals surface area contributed by atoms with Gasteiger partial charge in [-0.05, 0) is 47.9 Å². The fraction of sp³-hybridized carbons (Fsp3) is 0. The number of anilines is 4.